The molecule has 1 aromatic carbocycles. The molecule has 12 heavy (non-hydrogen) atoms. The van der Waals surface area contributed by atoms with Crippen LogP contribution in [-0.2, 0) is 4.79 Å². The molecule has 4 heteroatoms. The van der Waals surface area contributed by atoms with Crippen LogP contribution in [0.15, 0.2) is 24.3 Å². The van der Waals surface area contributed by atoms with Crippen LogP contribution in [0.2, 0.25) is 0 Å². The number of rotatable bonds is 2. The highest BCUT2D eigenvalue weighted by atomic mass is 19.3. The van der Waals surface area contributed by atoms with E-state index in [1.165, 1.54) is 19.1 Å². The van der Waals surface area contributed by atoms with Gasteiger partial charge in [0, 0.05) is 17.1 Å². The van der Waals surface area contributed by atoms with Gasteiger partial charge in [-0.25, -0.2) is 0 Å². The fourth-order valence-electron chi connectivity index (χ4n) is 0.793. The van der Waals surface area contributed by atoms with Crippen molar-refractivity contribution in [2.24, 2.45) is 0 Å². The number of carbonyl (C=O) groups is 1. The summed E-state index contributed by atoms with van der Waals surface area (Å²) in [4.78, 5) is 14.0. The highest BCUT2D eigenvalue weighted by molar-refractivity contribution is 5.88. The van der Waals surface area contributed by atoms with Crippen LogP contribution in [0, 0.1) is 0 Å². The molecule has 0 aliphatic rings. The smallest absolute Gasteiger partial charge is 0.221 e. The Morgan fingerprint density at radius 1 is 1.42 bits per heavy atom. The number of hydrogen-bond donors (Lipinski definition) is 1. The fourth-order valence-corrected chi connectivity index (χ4v) is 0.793. The van der Waals surface area contributed by atoms with E-state index >= 15 is 0 Å². The second-order valence-corrected chi connectivity index (χ2v) is 2.28. The maximum absolute atomic E-state index is 11.5. The van der Waals surface area contributed by atoms with E-state index in [4.69, 9.17) is 0 Å². The zero-order valence-electron chi connectivity index (χ0n) is 6.50. The van der Waals surface area contributed by atoms with Gasteiger partial charge in [-0.05, 0) is 24.3 Å². The highest BCUT2D eigenvalue weighted by Crippen LogP contribution is 2.15. The lowest BCUT2D eigenvalue weighted by Gasteiger charge is -2.00. The first kappa shape index (κ1) is 8.52. The molecule has 0 bridgehead atoms. The summed E-state index contributed by atoms with van der Waals surface area (Å²) in [6, 6.07) is 5.95. The van der Waals surface area contributed by atoms with Gasteiger partial charge < -0.3 is 5.32 Å². The van der Waals surface area contributed by atoms with Crippen LogP contribution in [-0.4, -0.2) is 5.91 Å². The van der Waals surface area contributed by atoms with E-state index in [-0.39, 0.29) is 11.7 Å². The third kappa shape index (κ3) is 2.23. The van der Waals surface area contributed by atoms with Gasteiger partial charge in [0.25, 0.3) is 0 Å². The molecule has 0 atom stereocenters. The number of hydrogen-bond acceptors (Lipinski definition) is 2. The summed E-state index contributed by atoms with van der Waals surface area (Å²) >= 11 is 0. The number of carbonyl (C=O) groups excluding carboxylic acids is 1. The van der Waals surface area contributed by atoms with E-state index in [1.807, 2.05) is 0 Å². The van der Waals surface area contributed by atoms with Crippen LogP contribution in [0.5, 0.6) is 5.75 Å². The minimum absolute atomic E-state index is 0.115. The number of benzene rings is 1. The summed E-state index contributed by atoms with van der Waals surface area (Å²) < 4.78 is 11.5. The Morgan fingerprint density at radius 2 is 2.00 bits per heavy atom. The SMILES string of the molecule is CC(=O)Nc1ccc(OF)cc1. The minimum Gasteiger partial charge on any atom is -0.326 e. The quantitative estimate of drug-likeness (QED) is 0.734. The van der Waals surface area contributed by atoms with Crippen LogP contribution < -0.4 is 10.3 Å². The van der Waals surface area contributed by atoms with E-state index < -0.39 is 0 Å². The zero-order valence-corrected chi connectivity index (χ0v) is 6.50. The molecule has 0 saturated carbocycles. The lowest BCUT2D eigenvalue weighted by molar-refractivity contribution is -0.114. The molecule has 64 valence electrons. The Hall–Kier alpha value is -1.58. The van der Waals surface area contributed by atoms with Gasteiger partial charge in [-0.15, -0.1) is 0 Å². The Bertz CT molecular complexity index is 271. The van der Waals surface area contributed by atoms with Crippen LogP contribution >= 0.6 is 0 Å². The third-order valence-electron chi connectivity index (χ3n) is 1.26. The Morgan fingerprint density at radius 3 is 2.42 bits per heavy atom. The third-order valence-corrected chi connectivity index (χ3v) is 1.26. The van der Waals surface area contributed by atoms with Crippen molar-refractivity contribution in [3.63, 3.8) is 0 Å². The van der Waals surface area contributed by atoms with Gasteiger partial charge in [-0.3, -0.25) is 9.74 Å². The standard InChI is InChI=1S/C8H8FNO2/c1-6(11)10-7-2-4-8(12-9)5-3-7/h2-5H,1H3,(H,10,11). The molecular formula is C8H8FNO2. The second-order valence-electron chi connectivity index (χ2n) is 2.28. The van der Waals surface area contributed by atoms with Gasteiger partial charge in [-0.2, -0.15) is 0 Å². The number of anilines is 1. The second kappa shape index (κ2) is 3.71. The van der Waals surface area contributed by atoms with Gasteiger partial charge in [0.2, 0.25) is 5.91 Å². The Kier molecular flexibility index (Phi) is 2.63. The molecule has 0 heterocycles. The molecule has 1 amide bonds. The van der Waals surface area contributed by atoms with E-state index in [2.05, 4.69) is 10.3 Å². The van der Waals surface area contributed by atoms with Gasteiger partial charge in [0.05, 0.1) is 0 Å². The Balaban J connectivity index is 2.71. The van der Waals surface area contributed by atoms with E-state index in [9.17, 15) is 9.32 Å². The molecule has 0 fully saturated rings. The maximum atomic E-state index is 11.5. The normalized spacial score (nSPS) is 9.17. The van der Waals surface area contributed by atoms with Gasteiger partial charge in [0.1, 0.15) is 0 Å². The minimum atomic E-state index is -0.163. The van der Waals surface area contributed by atoms with Gasteiger partial charge in [0.15, 0.2) is 5.75 Å². The molecule has 1 aromatic rings. The molecule has 0 aromatic heterocycles. The van der Waals surface area contributed by atoms with Crippen LogP contribution in [0.4, 0.5) is 10.2 Å². The molecule has 0 radical (unpaired) electrons. The summed E-state index contributed by atoms with van der Waals surface area (Å²) in [6.07, 6.45) is 0. The average molecular weight is 169 g/mol. The van der Waals surface area contributed by atoms with Crippen molar-refractivity contribution in [1.29, 1.82) is 0 Å². The predicted octanol–water partition coefficient (Wildman–Crippen LogP) is 1.91. The zero-order chi connectivity index (χ0) is 8.97. The Labute approximate surface area is 69.1 Å². The molecule has 0 unspecified atom stereocenters. The monoisotopic (exact) mass is 169 g/mol. The van der Waals surface area contributed by atoms with Crippen LogP contribution in [0.1, 0.15) is 6.92 Å². The lowest BCUT2D eigenvalue weighted by Crippen LogP contribution is -2.05. The summed E-state index contributed by atoms with van der Waals surface area (Å²) in [5.74, 6) is -0.0481. The predicted molar refractivity (Wildman–Crippen MR) is 42.5 cm³/mol. The molecule has 1 rings (SSSR count). The average Bonchev–Trinajstić information content (AvgIpc) is 2.05. The van der Waals surface area contributed by atoms with Crippen molar-refractivity contribution >= 4 is 11.6 Å². The largest absolute Gasteiger partial charge is 0.326 e. The summed E-state index contributed by atoms with van der Waals surface area (Å²) in [5.41, 5.74) is 0.614. The molecule has 0 aliphatic carbocycles. The van der Waals surface area contributed by atoms with Crippen molar-refractivity contribution in [3.8, 4) is 5.75 Å². The number of amides is 1. The molecule has 3 nitrogen and oxygen atoms in total. The van der Waals surface area contributed by atoms with Gasteiger partial charge >= 0.3 is 0 Å². The number of nitrogens with one attached hydrogen (secondary N) is 1. The van der Waals surface area contributed by atoms with Crippen LogP contribution in [0.25, 0.3) is 0 Å². The molecule has 0 saturated heterocycles. The van der Waals surface area contributed by atoms with Crippen molar-refractivity contribution in [3.05, 3.63) is 24.3 Å². The van der Waals surface area contributed by atoms with Crippen molar-refractivity contribution in [1.82, 2.24) is 0 Å². The number of halogens is 1. The first-order valence-electron chi connectivity index (χ1n) is 3.38. The maximum Gasteiger partial charge on any atom is 0.221 e. The van der Waals surface area contributed by atoms with Gasteiger partial charge in [-0.1, -0.05) is 0 Å². The summed E-state index contributed by atoms with van der Waals surface area (Å²) in [7, 11) is 0. The first-order chi connectivity index (χ1) is 5.72. The van der Waals surface area contributed by atoms with Crippen molar-refractivity contribution in [2.45, 2.75) is 6.92 Å². The van der Waals surface area contributed by atoms with Crippen molar-refractivity contribution in [2.75, 3.05) is 5.32 Å². The lowest BCUT2D eigenvalue weighted by atomic mass is 10.3. The molecule has 1 N–H and O–H groups in total. The molecule has 0 spiro atoms. The van der Waals surface area contributed by atoms with E-state index in [1.54, 1.807) is 12.1 Å². The van der Waals surface area contributed by atoms with Crippen LogP contribution in [0.3, 0.4) is 0 Å². The van der Waals surface area contributed by atoms with Crippen molar-refractivity contribution < 1.29 is 14.3 Å². The summed E-state index contributed by atoms with van der Waals surface area (Å²) in [6.45, 7) is 1.40. The molecular weight excluding hydrogens is 161 g/mol. The van der Waals surface area contributed by atoms with E-state index in [0.29, 0.717) is 5.69 Å². The molecule has 0 aliphatic heterocycles. The first-order valence-corrected chi connectivity index (χ1v) is 3.38. The topological polar surface area (TPSA) is 38.3 Å². The highest BCUT2D eigenvalue weighted by Gasteiger charge is 1.96. The van der Waals surface area contributed by atoms with E-state index in [0.717, 1.165) is 0 Å². The fraction of sp³-hybridized carbons (Fsp3) is 0.125. The summed E-state index contributed by atoms with van der Waals surface area (Å²) in [5, 5.41) is 2.54.